The summed E-state index contributed by atoms with van der Waals surface area (Å²) in [6.45, 7) is 2.89. The maximum absolute atomic E-state index is 14.0. The molecule has 3 rings (SSSR count). The van der Waals surface area contributed by atoms with Gasteiger partial charge in [-0.15, -0.1) is 0 Å². The molecule has 13 heteroatoms. The highest BCUT2D eigenvalue weighted by molar-refractivity contribution is 5.98. The molecule has 0 aliphatic carbocycles. The topological polar surface area (TPSA) is 73.1 Å². The normalized spacial score (nSPS) is 12.5. The summed E-state index contributed by atoms with van der Waals surface area (Å²) >= 11 is 0. The smallest absolute Gasteiger partial charge is 0.417 e. The Morgan fingerprint density at radius 1 is 1.09 bits per heavy atom. The average Bonchev–Trinajstić information content (AvgIpc) is 3.29. The zero-order valence-corrected chi connectivity index (χ0v) is 17.3. The Kier molecular flexibility index (Phi) is 6.89. The molecule has 0 aliphatic heterocycles. The quantitative estimate of drug-likeness (QED) is 0.485. The van der Waals surface area contributed by atoms with E-state index in [9.17, 15) is 31.1 Å². The van der Waals surface area contributed by atoms with Gasteiger partial charge < -0.3 is 9.64 Å². The van der Waals surface area contributed by atoms with Crippen LogP contribution in [0.5, 0.6) is 5.88 Å². The van der Waals surface area contributed by atoms with Gasteiger partial charge in [-0.1, -0.05) is 0 Å². The molecule has 0 saturated heterocycles. The van der Waals surface area contributed by atoms with Gasteiger partial charge in [-0.3, -0.25) is 4.79 Å². The van der Waals surface area contributed by atoms with Gasteiger partial charge >= 0.3 is 6.18 Å². The third-order valence-electron chi connectivity index (χ3n) is 4.63. The van der Waals surface area contributed by atoms with E-state index in [0.29, 0.717) is 12.3 Å². The number of alkyl halides is 3. The number of rotatable bonds is 7. The number of aromatic nitrogens is 4. The van der Waals surface area contributed by atoms with Crippen molar-refractivity contribution in [2.24, 2.45) is 0 Å². The van der Waals surface area contributed by atoms with Crippen LogP contribution >= 0.6 is 0 Å². The van der Waals surface area contributed by atoms with E-state index in [1.165, 1.54) is 24.2 Å². The summed E-state index contributed by atoms with van der Waals surface area (Å²) in [4.78, 5) is 18.6. The van der Waals surface area contributed by atoms with Crippen LogP contribution < -0.4 is 4.74 Å². The number of carbonyl (C=O) groups is 1. The van der Waals surface area contributed by atoms with E-state index < -0.39 is 47.0 Å². The molecule has 33 heavy (non-hydrogen) atoms. The Labute approximate surface area is 183 Å². The van der Waals surface area contributed by atoms with E-state index in [2.05, 4.69) is 15.2 Å². The van der Waals surface area contributed by atoms with Crippen LogP contribution in [0.4, 0.5) is 26.3 Å². The summed E-state index contributed by atoms with van der Waals surface area (Å²) in [5, 5.41) is 7.66. The maximum atomic E-state index is 14.0. The van der Waals surface area contributed by atoms with Crippen molar-refractivity contribution in [2.75, 3.05) is 13.2 Å². The molecule has 0 spiro atoms. The van der Waals surface area contributed by atoms with Crippen molar-refractivity contribution in [1.82, 2.24) is 24.9 Å². The van der Waals surface area contributed by atoms with Crippen molar-refractivity contribution in [2.45, 2.75) is 26.1 Å². The van der Waals surface area contributed by atoms with Gasteiger partial charge in [0.1, 0.15) is 12.3 Å². The molecular formula is C20H17F6N5O2. The molecule has 0 aliphatic rings. The molecule has 0 bridgehead atoms. The molecule has 3 aromatic rings. The third kappa shape index (κ3) is 5.23. The van der Waals surface area contributed by atoms with Crippen molar-refractivity contribution >= 4 is 5.91 Å². The first-order chi connectivity index (χ1) is 15.5. The number of likely N-dealkylation sites (N-methyl/N-ethyl adjacent to an activating group) is 1. The van der Waals surface area contributed by atoms with Gasteiger partial charge in [-0.25, -0.2) is 18.2 Å². The molecule has 2 aromatic heterocycles. The number of hydrogen-bond donors (Lipinski definition) is 0. The SMILES string of the molecule is CCN(C(=O)c1cc(F)c(F)cc1-n1nccn1)[C@@H](C)COc1ncc(C(F)(F)F)cc1F. The number of pyridine rings is 1. The Morgan fingerprint density at radius 3 is 2.30 bits per heavy atom. The number of carbonyl (C=O) groups excluding carboxylic acids is 1. The van der Waals surface area contributed by atoms with Crippen molar-refractivity contribution in [1.29, 1.82) is 0 Å². The van der Waals surface area contributed by atoms with Crippen molar-refractivity contribution < 1.29 is 35.9 Å². The van der Waals surface area contributed by atoms with E-state index in [4.69, 9.17) is 4.74 Å². The number of nitrogens with zero attached hydrogens (tertiary/aromatic N) is 5. The molecule has 176 valence electrons. The lowest BCUT2D eigenvalue weighted by Gasteiger charge is -2.28. The second-order valence-corrected chi connectivity index (χ2v) is 6.86. The lowest BCUT2D eigenvalue weighted by Crippen LogP contribution is -2.42. The van der Waals surface area contributed by atoms with Gasteiger partial charge in [0.2, 0.25) is 5.88 Å². The largest absolute Gasteiger partial charge is 0.473 e. The minimum absolute atomic E-state index is 0.0945. The Balaban J connectivity index is 1.81. The molecule has 7 nitrogen and oxygen atoms in total. The Hall–Kier alpha value is -3.64. The second kappa shape index (κ2) is 9.46. The fourth-order valence-corrected chi connectivity index (χ4v) is 3.00. The van der Waals surface area contributed by atoms with Crippen LogP contribution in [0.3, 0.4) is 0 Å². The first kappa shape index (κ1) is 24.0. The highest BCUT2D eigenvalue weighted by atomic mass is 19.4. The van der Waals surface area contributed by atoms with Crippen LogP contribution in [0.2, 0.25) is 0 Å². The summed E-state index contributed by atoms with van der Waals surface area (Å²) in [7, 11) is 0. The highest BCUT2D eigenvalue weighted by Crippen LogP contribution is 2.30. The van der Waals surface area contributed by atoms with Crippen molar-refractivity contribution in [3.8, 4) is 11.6 Å². The molecular weight excluding hydrogens is 456 g/mol. The van der Waals surface area contributed by atoms with Crippen LogP contribution in [-0.2, 0) is 6.18 Å². The third-order valence-corrected chi connectivity index (χ3v) is 4.63. The summed E-state index contributed by atoms with van der Waals surface area (Å²) in [5.41, 5.74) is -1.62. The lowest BCUT2D eigenvalue weighted by molar-refractivity contribution is -0.138. The summed E-state index contributed by atoms with van der Waals surface area (Å²) in [6, 6.07) is 0.987. The number of hydrogen-bond acceptors (Lipinski definition) is 5. The van der Waals surface area contributed by atoms with E-state index in [0.717, 1.165) is 10.9 Å². The predicted molar refractivity (Wildman–Crippen MR) is 102 cm³/mol. The molecule has 1 amide bonds. The van der Waals surface area contributed by atoms with E-state index in [-0.39, 0.29) is 30.5 Å². The van der Waals surface area contributed by atoms with Crippen LogP contribution in [-0.4, -0.2) is 50.0 Å². The molecule has 0 radical (unpaired) electrons. The molecule has 2 heterocycles. The standard InChI is InChI=1S/C20H17F6N5O2/c1-3-30(11(2)10-33-18-16(23)6-12(9-27-18)20(24,25)26)19(32)13-7-14(21)15(22)8-17(13)31-28-4-5-29-31/h4-9,11H,3,10H2,1-2H3/t11-/m0/s1. The number of halogens is 6. The monoisotopic (exact) mass is 473 g/mol. The molecule has 0 fully saturated rings. The molecule has 0 saturated carbocycles. The summed E-state index contributed by atoms with van der Waals surface area (Å²) in [5.74, 6) is -5.18. The van der Waals surface area contributed by atoms with E-state index >= 15 is 0 Å². The minimum atomic E-state index is -4.77. The van der Waals surface area contributed by atoms with Gasteiger partial charge in [0, 0.05) is 18.8 Å². The van der Waals surface area contributed by atoms with E-state index in [1.54, 1.807) is 6.92 Å². The lowest BCUT2D eigenvalue weighted by atomic mass is 10.1. The van der Waals surface area contributed by atoms with Crippen molar-refractivity contribution in [3.05, 3.63) is 65.4 Å². The van der Waals surface area contributed by atoms with Gasteiger partial charge in [0.15, 0.2) is 17.5 Å². The van der Waals surface area contributed by atoms with Crippen LogP contribution in [0.25, 0.3) is 5.69 Å². The molecule has 1 atom stereocenters. The van der Waals surface area contributed by atoms with Gasteiger partial charge in [-0.2, -0.15) is 28.2 Å². The van der Waals surface area contributed by atoms with Crippen LogP contribution in [0.1, 0.15) is 29.8 Å². The summed E-state index contributed by atoms with van der Waals surface area (Å²) in [6.07, 6.45) is -1.77. The number of amides is 1. The zero-order chi connectivity index (χ0) is 24.3. The minimum Gasteiger partial charge on any atom is -0.473 e. The zero-order valence-electron chi connectivity index (χ0n) is 17.3. The molecule has 0 N–H and O–H groups in total. The van der Waals surface area contributed by atoms with Gasteiger partial charge in [0.05, 0.1) is 29.6 Å². The fourth-order valence-electron chi connectivity index (χ4n) is 3.00. The predicted octanol–water partition coefficient (Wildman–Crippen LogP) is 4.03. The van der Waals surface area contributed by atoms with Gasteiger partial charge in [0.25, 0.3) is 5.91 Å². The summed E-state index contributed by atoms with van der Waals surface area (Å²) < 4.78 is 84.8. The highest BCUT2D eigenvalue weighted by Gasteiger charge is 2.32. The van der Waals surface area contributed by atoms with Gasteiger partial charge in [-0.05, 0) is 26.0 Å². The molecule has 1 aromatic carbocycles. The number of ether oxygens (including phenoxy) is 1. The average molecular weight is 473 g/mol. The Bertz CT molecular complexity index is 1140. The second-order valence-electron chi connectivity index (χ2n) is 6.86. The van der Waals surface area contributed by atoms with Crippen molar-refractivity contribution in [3.63, 3.8) is 0 Å². The maximum Gasteiger partial charge on any atom is 0.417 e. The van der Waals surface area contributed by atoms with Crippen LogP contribution in [0.15, 0.2) is 36.8 Å². The first-order valence-electron chi connectivity index (χ1n) is 9.55. The fraction of sp³-hybridized carbons (Fsp3) is 0.300. The Morgan fingerprint density at radius 2 is 1.73 bits per heavy atom. The first-order valence-corrected chi connectivity index (χ1v) is 9.55. The van der Waals surface area contributed by atoms with E-state index in [1.807, 2.05) is 0 Å². The molecule has 0 unspecified atom stereocenters. The van der Waals surface area contributed by atoms with Crippen LogP contribution in [0, 0.1) is 17.5 Å². The number of benzene rings is 1.